The number of nitrogens with zero attached hydrogens (tertiary/aromatic N) is 1. The number of amides is 3. The predicted molar refractivity (Wildman–Crippen MR) is 93.0 cm³/mol. The van der Waals surface area contributed by atoms with Gasteiger partial charge in [0.25, 0.3) is 0 Å². The van der Waals surface area contributed by atoms with Crippen LogP contribution in [0.1, 0.15) is 11.1 Å². The molecular formula is C16H16ClN3O2S. The lowest BCUT2D eigenvalue weighted by Crippen LogP contribution is -2.35. The highest BCUT2D eigenvalue weighted by molar-refractivity contribution is 8.00. The van der Waals surface area contributed by atoms with E-state index < -0.39 is 11.9 Å². The fraction of sp³-hybridized carbons (Fsp3) is 0.188. The summed E-state index contributed by atoms with van der Waals surface area (Å²) in [6.45, 7) is 3.94. The Labute approximate surface area is 143 Å². The van der Waals surface area contributed by atoms with Crippen LogP contribution >= 0.6 is 23.4 Å². The maximum absolute atomic E-state index is 11.8. The van der Waals surface area contributed by atoms with Crippen LogP contribution in [0.5, 0.6) is 0 Å². The van der Waals surface area contributed by atoms with Gasteiger partial charge >= 0.3 is 6.03 Å². The highest BCUT2D eigenvalue weighted by Gasteiger charge is 2.10. The number of halogens is 1. The number of imide groups is 1. The van der Waals surface area contributed by atoms with Gasteiger partial charge in [-0.15, -0.1) is 0 Å². The Morgan fingerprint density at radius 1 is 1.22 bits per heavy atom. The topological polar surface area (TPSA) is 71.1 Å². The van der Waals surface area contributed by atoms with Crippen molar-refractivity contribution in [1.29, 1.82) is 0 Å². The van der Waals surface area contributed by atoms with E-state index in [1.165, 1.54) is 11.8 Å². The van der Waals surface area contributed by atoms with E-state index in [9.17, 15) is 9.59 Å². The summed E-state index contributed by atoms with van der Waals surface area (Å²) in [7, 11) is 0. The molecule has 5 nitrogen and oxygen atoms in total. The Morgan fingerprint density at radius 3 is 2.70 bits per heavy atom. The van der Waals surface area contributed by atoms with Crippen molar-refractivity contribution in [2.75, 3.05) is 11.1 Å². The number of benzene rings is 1. The molecule has 1 heterocycles. The smallest absolute Gasteiger partial charge is 0.308 e. The van der Waals surface area contributed by atoms with E-state index in [1.54, 1.807) is 24.4 Å². The number of thioether (sulfide) groups is 1. The number of carbonyl (C=O) groups excluding carboxylic acids is 2. The van der Waals surface area contributed by atoms with Gasteiger partial charge in [0.15, 0.2) is 0 Å². The highest BCUT2D eigenvalue weighted by atomic mass is 35.5. The van der Waals surface area contributed by atoms with Gasteiger partial charge in [0.05, 0.1) is 10.8 Å². The standard InChI is InChI=1S/C16H16ClN3O2S/c1-10-5-6-12(8-11(10)2)19-16(22)20-14(21)9-23-15-13(17)4-3-7-18-15/h3-8H,9H2,1-2H3,(H2,19,20,21,22). The molecule has 120 valence electrons. The lowest BCUT2D eigenvalue weighted by Gasteiger charge is -2.08. The van der Waals surface area contributed by atoms with Gasteiger partial charge in [-0.05, 0) is 49.2 Å². The minimum Gasteiger partial charge on any atom is -0.308 e. The lowest BCUT2D eigenvalue weighted by molar-refractivity contribution is -0.117. The Balaban J connectivity index is 1.84. The summed E-state index contributed by atoms with van der Waals surface area (Å²) >= 11 is 7.13. The van der Waals surface area contributed by atoms with Crippen molar-refractivity contribution in [3.8, 4) is 0 Å². The summed E-state index contributed by atoms with van der Waals surface area (Å²) in [5, 5.41) is 5.93. The number of aryl methyl sites for hydroxylation is 2. The molecule has 2 N–H and O–H groups in total. The molecule has 3 amide bonds. The molecule has 7 heteroatoms. The second kappa shape index (κ2) is 7.99. The SMILES string of the molecule is Cc1ccc(NC(=O)NC(=O)CSc2ncccc2Cl)cc1C. The third-order valence-electron chi connectivity index (χ3n) is 3.08. The number of pyridine rings is 1. The predicted octanol–water partition coefficient (Wildman–Crippen LogP) is 3.79. The van der Waals surface area contributed by atoms with Crippen molar-refractivity contribution < 1.29 is 9.59 Å². The summed E-state index contributed by atoms with van der Waals surface area (Å²) in [4.78, 5) is 27.7. The lowest BCUT2D eigenvalue weighted by atomic mass is 10.1. The first-order chi connectivity index (χ1) is 11.0. The molecule has 0 aliphatic rings. The number of nitrogens with one attached hydrogen (secondary N) is 2. The zero-order chi connectivity index (χ0) is 16.8. The number of hydrogen-bond donors (Lipinski definition) is 2. The molecule has 1 aromatic carbocycles. The largest absolute Gasteiger partial charge is 0.325 e. The minimum atomic E-state index is -0.564. The molecule has 0 saturated heterocycles. The Morgan fingerprint density at radius 2 is 2.00 bits per heavy atom. The van der Waals surface area contributed by atoms with Crippen LogP contribution in [-0.2, 0) is 4.79 Å². The molecule has 2 aromatic rings. The van der Waals surface area contributed by atoms with E-state index in [2.05, 4.69) is 15.6 Å². The normalized spacial score (nSPS) is 10.2. The first kappa shape index (κ1) is 17.3. The van der Waals surface area contributed by atoms with Crippen LogP contribution in [-0.4, -0.2) is 22.7 Å². The molecule has 0 saturated carbocycles. The van der Waals surface area contributed by atoms with Crippen molar-refractivity contribution in [2.24, 2.45) is 0 Å². The summed E-state index contributed by atoms with van der Waals surface area (Å²) < 4.78 is 0. The average Bonchev–Trinajstić information content (AvgIpc) is 2.50. The van der Waals surface area contributed by atoms with Gasteiger partial charge in [0.1, 0.15) is 5.03 Å². The third kappa shape index (κ3) is 5.26. The van der Waals surface area contributed by atoms with Gasteiger partial charge in [0, 0.05) is 11.9 Å². The second-order valence-electron chi connectivity index (χ2n) is 4.88. The van der Waals surface area contributed by atoms with Crippen molar-refractivity contribution >= 4 is 41.0 Å². The van der Waals surface area contributed by atoms with E-state index in [0.29, 0.717) is 15.7 Å². The summed E-state index contributed by atoms with van der Waals surface area (Å²) in [6, 6.07) is 8.39. The molecule has 0 radical (unpaired) electrons. The van der Waals surface area contributed by atoms with Crippen LogP contribution in [0.15, 0.2) is 41.6 Å². The summed E-state index contributed by atoms with van der Waals surface area (Å²) in [6.07, 6.45) is 1.60. The molecule has 0 unspecified atom stereocenters. The number of anilines is 1. The monoisotopic (exact) mass is 349 g/mol. The maximum Gasteiger partial charge on any atom is 0.325 e. The van der Waals surface area contributed by atoms with E-state index in [1.807, 2.05) is 26.0 Å². The molecule has 0 bridgehead atoms. The molecule has 0 aliphatic carbocycles. The molecule has 1 aromatic heterocycles. The van der Waals surface area contributed by atoms with Gasteiger partial charge in [-0.3, -0.25) is 10.1 Å². The van der Waals surface area contributed by atoms with E-state index in [4.69, 9.17) is 11.6 Å². The second-order valence-corrected chi connectivity index (χ2v) is 6.25. The average molecular weight is 350 g/mol. The van der Waals surface area contributed by atoms with Crippen molar-refractivity contribution in [3.63, 3.8) is 0 Å². The van der Waals surface area contributed by atoms with Gasteiger partial charge < -0.3 is 5.32 Å². The van der Waals surface area contributed by atoms with E-state index in [0.717, 1.165) is 11.1 Å². The molecule has 23 heavy (non-hydrogen) atoms. The van der Waals surface area contributed by atoms with Crippen molar-refractivity contribution in [1.82, 2.24) is 10.3 Å². The maximum atomic E-state index is 11.8. The zero-order valence-electron chi connectivity index (χ0n) is 12.7. The van der Waals surface area contributed by atoms with Crippen molar-refractivity contribution in [3.05, 3.63) is 52.7 Å². The zero-order valence-corrected chi connectivity index (χ0v) is 14.3. The first-order valence-corrected chi connectivity index (χ1v) is 8.23. The van der Waals surface area contributed by atoms with Crippen LogP contribution in [0.25, 0.3) is 0 Å². The number of hydrogen-bond acceptors (Lipinski definition) is 4. The Kier molecular flexibility index (Phi) is 6.01. The van der Waals surface area contributed by atoms with Gasteiger partial charge in [0.2, 0.25) is 5.91 Å². The fourth-order valence-corrected chi connectivity index (χ4v) is 2.72. The number of urea groups is 1. The van der Waals surface area contributed by atoms with Crippen LogP contribution in [0.3, 0.4) is 0 Å². The van der Waals surface area contributed by atoms with E-state index >= 15 is 0 Å². The molecule has 0 spiro atoms. The summed E-state index contributed by atoms with van der Waals surface area (Å²) in [5.74, 6) is -0.366. The van der Waals surface area contributed by atoms with Crippen LogP contribution in [0, 0.1) is 13.8 Å². The van der Waals surface area contributed by atoms with Gasteiger partial charge in [-0.25, -0.2) is 9.78 Å². The van der Waals surface area contributed by atoms with Crippen LogP contribution in [0.2, 0.25) is 5.02 Å². The van der Waals surface area contributed by atoms with Gasteiger partial charge in [-0.2, -0.15) is 0 Å². The number of rotatable bonds is 4. The molecule has 0 aliphatic heterocycles. The van der Waals surface area contributed by atoms with Crippen LogP contribution in [0.4, 0.5) is 10.5 Å². The van der Waals surface area contributed by atoms with Crippen molar-refractivity contribution in [2.45, 2.75) is 18.9 Å². The number of carbonyl (C=O) groups is 2. The molecule has 2 rings (SSSR count). The quantitative estimate of drug-likeness (QED) is 0.824. The van der Waals surface area contributed by atoms with E-state index in [-0.39, 0.29) is 5.75 Å². The molecule has 0 fully saturated rings. The Bertz CT molecular complexity index is 737. The third-order valence-corrected chi connectivity index (χ3v) is 4.50. The minimum absolute atomic E-state index is 0.0527. The highest BCUT2D eigenvalue weighted by Crippen LogP contribution is 2.23. The van der Waals surface area contributed by atoms with Crippen LogP contribution < -0.4 is 10.6 Å². The number of aromatic nitrogens is 1. The van der Waals surface area contributed by atoms with Gasteiger partial charge in [-0.1, -0.05) is 29.4 Å². The fourth-order valence-electron chi connectivity index (χ4n) is 1.76. The molecule has 0 atom stereocenters. The summed E-state index contributed by atoms with van der Waals surface area (Å²) in [5.41, 5.74) is 2.84. The Hall–Kier alpha value is -2.05. The first-order valence-electron chi connectivity index (χ1n) is 6.87. The molecular weight excluding hydrogens is 334 g/mol.